The Bertz CT molecular complexity index is 450. The van der Waals surface area contributed by atoms with Gasteiger partial charge in [-0.05, 0) is 12.1 Å². The molecule has 0 aliphatic rings. The summed E-state index contributed by atoms with van der Waals surface area (Å²) in [4.78, 5) is 13.9. The summed E-state index contributed by atoms with van der Waals surface area (Å²) in [6.45, 7) is 0. The van der Waals surface area contributed by atoms with Gasteiger partial charge in [0.05, 0.1) is 11.3 Å². The van der Waals surface area contributed by atoms with E-state index in [4.69, 9.17) is 5.73 Å². The highest BCUT2D eigenvalue weighted by atomic mass is 19.4. The number of hydrogen-bond donors (Lipinski definition) is 1. The molecule has 0 spiro atoms. The fourth-order valence-electron chi connectivity index (χ4n) is 1.10. The van der Waals surface area contributed by atoms with Crippen LogP contribution in [0.1, 0.15) is 0 Å². The molecule has 0 fully saturated rings. The van der Waals surface area contributed by atoms with Gasteiger partial charge in [0.25, 0.3) is 0 Å². The van der Waals surface area contributed by atoms with Crippen LogP contribution in [0.4, 0.5) is 18.9 Å². The monoisotopic (exact) mass is 242 g/mol. The largest absolute Gasteiger partial charge is 0.434 e. The van der Waals surface area contributed by atoms with Crippen molar-refractivity contribution in [3.63, 3.8) is 0 Å². The van der Waals surface area contributed by atoms with E-state index in [0.717, 1.165) is 0 Å². The molecule has 3 nitrogen and oxygen atoms in total. The van der Waals surface area contributed by atoms with Gasteiger partial charge in [-0.15, -0.1) is 0 Å². The molecule has 0 atom stereocenters. The number of nitrogens with two attached hydrogens (primary N) is 1. The first-order valence-electron chi connectivity index (χ1n) is 4.57. The lowest BCUT2D eigenvalue weighted by Gasteiger charge is -2.09. The Morgan fingerprint density at radius 3 is 2.24 bits per heavy atom. The van der Waals surface area contributed by atoms with Crippen LogP contribution in [-0.4, -0.2) is 18.2 Å². The lowest BCUT2D eigenvalue weighted by Crippen LogP contribution is -2.26. The third-order valence-electron chi connectivity index (χ3n) is 1.85. The van der Waals surface area contributed by atoms with Crippen molar-refractivity contribution in [1.29, 1.82) is 0 Å². The molecule has 0 unspecified atom stereocenters. The molecule has 0 saturated heterocycles. The molecule has 6 heteroatoms. The average Bonchev–Trinajstić information content (AvgIpc) is 2.29. The van der Waals surface area contributed by atoms with Crippen molar-refractivity contribution in [3.8, 4) is 0 Å². The second-order valence-electron chi connectivity index (χ2n) is 3.03. The van der Waals surface area contributed by atoms with Gasteiger partial charge in [0, 0.05) is 6.20 Å². The van der Waals surface area contributed by atoms with Gasteiger partial charge >= 0.3 is 6.18 Å². The van der Waals surface area contributed by atoms with Crippen LogP contribution in [0.15, 0.2) is 47.1 Å². The van der Waals surface area contributed by atoms with Crippen molar-refractivity contribution in [1.82, 2.24) is 0 Å². The highest BCUT2D eigenvalue weighted by Gasteiger charge is 2.38. The first-order chi connectivity index (χ1) is 7.99. The second kappa shape index (κ2) is 5.29. The predicted molar refractivity (Wildman–Crippen MR) is 57.9 cm³/mol. The molecule has 0 amide bonds. The molecule has 2 N–H and O–H groups in total. The Kier molecular flexibility index (Phi) is 4.03. The van der Waals surface area contributed by atoms with Gasteiger partial charge in [-0.3, -0.25) is 4.79 Å². The molecule has 17 heavy (non-hydrogen) atoms. The minimum atomic E-state index is -4.73. The number of benzene rings is 1. The zero-order valence-corrected chi connectivity index (χ0v) is 8.61. The number of rotatable bonds is 3. The maximum absolute atomic E-state index is 12.6. The highest BCUT2D eigenvalue weighted by molar-refractivity contribution is 6.18. The smallest absolute Gasteiger partial charge is 0.404 e. The summed E-state index contributed by atoms with van der Waals surface area (Å²) in [5.74, 6) is 0. The molecular weight excluding hydrogens is 233 g/mol. The molecule has 1 aromatic carbocycles. The summed E-state index contributed by atoms with van der Waals surface area (Å²) in [6.07, 6.45) is -4.13. The Morgan fingerprint density at radius 1 is 1.24 bits per heavy atom. The van der Waals surface area contributed by atoms with E-state index < -0.39 is 17.5 Å². The van der Waals surface area contributed by atoms with Crippen LogP contribution in [0.5, 0.6) is 0 Å². The van der Waals surface area contributed by atoms with E-state index in [1.54, 1.807) is 18.2 Å². The average molecular weight is 242 g/mol. The number of halogens is 3. The summed E-state index contributed by atoms with van der Waals surface area (Å²) < 4.78 is 37.9. The number of hydrogen-bond acceptors (Lipinski definition) is 3. The van der Waals surface area contributed by atoms with Crippen molar-refractivity contribution in [2.75, 3.05) is 0 Å². The molecule has 0 saturated carbocycles. The molecule has 1 aromatic rings. The maximum atomic E-state index is 12.6. The van der Waals surface area contributed by atoms with Gasteiger partial charge in [0.2, 0.25) is 0 Å². The summed E-state index contributed by atoms with van der Waals surface area (Å²) in [7, 11) is 0. The number of aldehydes is 1. The molecule has 0 radical (unpaired) electrons. The van der Waals surface area contributed by atoms with Gasteiger partial charge in [-0.25, -0.2) is 4.99 Å². The molecule has 0 bridgehead atoms. The molecule has 0 heterocycles. The van der Waals surface area contributed by atoms with E-state index in [-0.39, 0.29) is 12.0 Å². The highest BCUT2D eigenvalue weighted by Crippen LogP contribution is 2.24. The van der Waals surface area contributed by atoms with Crippen molar-refractivity contribution in [3.05, 3.63) is 42.1 Å². The number of allylic oxidation sites excluding steroid dienone is 1. The molecule has 1 rings (SSSR count). The third-order valence-corrected chi connectivity index (χ3v) is 1.85. The van der Waals surface area contributed by atoms with Crippen LogP contribution in [0.25, 0.3) is 0 Å². The first-order valence-corrected chi connectivity index (χ1v) is 4.57. The van der Waals surface area contributed by atoms with E-state index in [1.165, 1.54) is 12.1 Å². The fraction of sp³-hybridized carbons (Fsp3) is 0.0909. The first kappa shape index (κ1) is 13.0. The Balaban J connectivity index is 3.26. The number of carbonyl (C=O) groups is 1. The van der Waals surface area contributed by atoms with Crippen molar-refractivity contribution in [2.45, 2.75) is 6.18 Å². The zero-order chi connectivity index (χ0) is 12.9. The quantitative estimate of drug-likeness (QED) is 0.502. The van der Waals surface area contributed by atoms with Crippen molar-refractivity contribution < 1.29 is 18.0 Å². The second-order valence-corrected chi connectivity index (χ2v) is 3.03. The lowest BCUT2D eigenvalue weighted by atomic mass is 10.2. The number of carbonyl (C=O) groups excluding carboxylic acids is 1. The van der Waals surface area contributed by atoms with Crippen LogP contribution in [0.3, 0.4) is 0 Å². The Hall–Kier alpha value is -2.11. The topological polar surface area (TPSA) is 55.5 Å². The summed E-state index contributed by atoms with van der Waals surface area (Å²) >= 11 is 0. The van der Waals surface area contributed by atoms with E-state index >= 15 is 0 Å². The van der Waals surface area contributed by atoms with Gasteiger partial charge in [-0.1, -0.05) is 18.2 Å². The maximum Gasteiger partial charge on any atom is 0.434 e. The van der Waals surface area contributed by atoms with Crippen LogP contribution < -0.4 is 5.73 Å². The zero-order valence-electron chi connectivity index (χ0n) is 8.61. The normalized spacial score (nSPS) is 13.6. The fourth-order valence-corrected chi connectivity index (χ4v) is 1.10. The minimum absolute atomic E-state index is 0.0231. The standard InChI is InChI=1S/C11H9F3N2O/c12-11(13,14)10(8(6-15)7-17)16-9-4-2-1-3-5-9/h1-7H,15H2. The summed E-state index contributed by atoms with van der Waals surface area (Å²) in [6, 6.07) is 7.51. The third kappa shape index (κ3) is 3.44. The van der Waals surface area contributed by atoms with E-state index in [0.29, 0.717) is 6.20 Å². The Morgan fingerprint density at radius 2 is 1.82 bits per heavy atom. The van der Waals surface area contributed by atoms with Crippen molar-refractivity contribution >= 4 is 17.7 Å². The summed E-state index contributed by atoms with van der Waals surface area (Å²) in [5.41, 5.74) is 3.06. The van der Waals surface area contributed by atoms with E-state index in [2.05, 4.69) is 4.99 Å². The number of para-hydroxylation sites is 1. The van der Waals surface area contributed by atoms with Crippen LogP contribution in [0.2, 0.25) is 0 Å². The molecule has 0 aliphatic carbocycles. The minimum Gasteiger partial charge on any atom is -0.404 e. The molecular formula is C11H9F3N2O. The summed E-state index contributed by atoms with van der Waals surface area (Å²) in [5, 5.41) is 0. The Labute approximate surface area is 95.5 Å². The number of alkyl halides is 3. The van der Waals surface area contributed by atoms with Crippen LogP contribution in [0, 0.1) is 0 Å². The SMILES string of the molecule is NC=C(C=O)C(=Nc1ccccc1)C(F)(F)F. The number of nitrogens with zero attached hydrogens (tertiary/aromatic N) is 1. The molecule has 90 valence electrons. The van der Waals surface area contributed by atoms with Gasteiger partial charge < -0.3 is 5.73 Å². The molecule has 0 aromatic heterocycles. The van der Waals surface area contributed by atoms with E-state index in [9.17, 15) is 18.0 Å². The van der Waals surface area contributed by atoms with Crippen molar-refractivity contribution in [2.24, 2.45) is 10.7 Å². The molecule has 0 aliphatic heterocycles. The van der Waals surface area contributed by atoms with Gasteiger partial charge in [0.1, 0.15) is 0 Å². The van der Waals surface area contributed by atoms with Gasteiger partial charge in [-0.2, -0.15) is 13.2 Å². The van der Waals surface area contributed by atoms with E-state index in [1.807, 2.05) is 0 Å². The number of aliphatic imine (C=N–C) groups is 1. The van der Waals surface area contributed by atoms with Crippen LogP contribution in [-0.2, 0) is 4.79 Å². The van der Waals surface area contributed by atoms with Crippen LogP contribution >= 0.6 is 0 Å². The lowest BCUT2D eigenvalue weighted by molar-refractivity contribution is -0.105. The van der Waals surface area contributed by atoms with Gasteiger partial charge in [0.15, 0.2) is 12.0 Å². The predicted octanol–water partition coefficient (Wildman–Crippen LogP) is 2.36.